The number of hydrogen-bond acceptors (Lipinski definition) is 4. The third-order valence-corrected chi connectivity index (χ3v) is 4.37. The number of fused-ring (bicyclic) bond motifs is 3. The van der Waals surface area contributed by atoms with E-state index in [1.807, 2.05) is 29.6 Å². The van der Waals surface area contributed by atoms with E-state index >= 15 is 0 Å². The molecule has 1 aliphatic rings. The summed E-state index contributed by atoms with van der Waals surface area (Å²) in [5.74, 6) is 1.03. The normalized spacial score (nSPS) is 19.1. The second kappa shape index (κ2) is 5.22. The van der Waals surface area contributed by atoms with Crippen molar-refractivity contribution in [1.82, 2.24) is 19.9 Å². The Morgan fingerprint density at radius 2 is 2.13 bits per heavy atom. The van der Waals surface area contributed by atoms with Crippen LogP contribution >= 0.6 is 0 Å². The molecule has 118 valence electrons. The summed E-state index contributed by atoms with van der Waals surface area (Å²) in [6.07, 6.45) is 0.486. The summed E-state index contributed by atoms with van der Waals surface area (Å²) in [4.78, 5) is 18.9. The van der Waals surface area contributed by atoms with Gasteiger partial charge in [0.2, 0.25) is 5.91 Å². The van der Waals surface area contributed by atoms with Gasteiger partial charge in [0, 0.05) is 37.0 Å². The minimum absolute atomic E-state index is 0.102. The van der Waals surface area contributed by atoms with Gasteiger partial charge in [-0.25, -0.2) is 9.50 Å². The summed E-state index contributed by atoms with van der Waals surface area (Å²) in [5, 5.41) is 8.54. The lowest BCUT2D eigenvalue weighted by Crippen LogP contribution is -2.35. The molecule has 0 bridgehead atoms. The van der Waals surface area contributed by atoms with Crippen LogP contribution in [-0.4, -0.2) is 39.6 Å². The van der Waals surface area contributed by atoms with Gasteiger partial charge in [0.05, 0.1) is 11.2 Å². The van der Waals surface area contributed by atoms with Crippen LogP contribution in [0.25, 0.3) is 16.6 Å². The van der Waals surface area contributed by atoms with Gasteiger partial charge in [-0.3, -0.25) is 4.79 Å². The minimum Gasteiger partial charge on any atom is -0.354 e. The van der Waals surface area contributed by atoms with Crippen LogP contribution in [0.1, 0.15) is 19.0 Å². The predicted octanol–water partition coefficient (Wildman–Crippen LogP) is 1.91. The molecule has 1 saturated heterocycles. The zero-order valence-electron chi connectivity index (χ0n) is 13.3. The first-order chi connectivity index (χ1) is 11.1. The summed E-state index contributed by atoms with van der Waals surface area (Å²) in [6.45, 7) is 5.45. The molecule has 0 aliphatic carbocycles. The lowest BCUT2D eigenvalue weighted by molar-refractivity contribution is -0.120. The topological polar surface area (TPSA) is 62.5 Å². The number of aromatic nitrogens is 3. The fourth-order valence-corrected chi connectivity index (χ4v) is 3.28. The third-order valence-electron chi connectivity index (χ3n) is 4.37. The molecule has 1 unspecified atom stereocenters. The Hall–Kier alpha value is -2.63. The number of anilines is 1. The second-order valence-electron chi connectivity index (χ2n) is 6.10. The number of rotatable bonds is 1. The van der Waals surface area contributed by atoms with Crippen LogP contribution in [0.5, 0.6) is 0 Å². The molecule has 1 fully saturated rings. The molecule has 23 heavy (non-hydrogen) atoms. The van der Waals surface area contributed by atoms with E-state index in [1.54, 1.807) is 0 Å². The standard InChI is InChI=1S/C17H19N5O/c1-11-9-15-19-17(21-8-7-18-16(23)10-12(21)2)13-5-3-4-6-14(13)22(15)20-11/h3-6,9,12H,7-8,10H2,1-2H3,(H,18,23). The monoisotopic (exact) mass is 309 g/mol. The van der Waals surface area contributed by atoms with E-state index in [-0.39, 0.29) is 11.9 Å². The lowest BCUT2D eigenvalue weighted by atomic mass is 10.1. The molecule has 1 N–H and O–H groups in total. The van der Waals surface area contributed by atoms with Gasteiger partial charge in [-0.2, -0.15) is 5.10 Å². The number of nitrogens with zero attached hydrogens (tertiary/aromatic N) is 4. The van der Waals surface area contributed by atoms with Crippen LogP contribution in [0.4, 0.5) is 5.82 Å². The minimum atomic E-state index is 0.102. The average Bonchev–Trinajstić information content (AvgIpc) is 2.82. The number of para-hydroxylation sites is 1. The number of aryl methyl sites for hydroxylation is 1. The quantitative estimate of drug-likeness (QED) is 0.746. The van der Waals surface area contributed by atoms with Crippen LogP contribution in [0.3, 0.4) is 0 Å². The summed E-state index contributed by atoms with van der Waals surface area (Å²) in [7, 11) is 0. The van der Waals surface area contributed by atoms with Crippen molar-refractivity contribution in [2.45, 2.75) is 26.3 Å². The van der Waals surface area contributed by atoms with Gasteiger partial charge in [0.15, 0.2) is 5.65 Å². The molecule has 1 atom stereocenters. The molecule has 6 heteroatoms. The Labute approximate surface area is 134 Å². The molecule has 4 rings (SSSR count). The highest BCUT2D eigenvalue weighted by Gasteiger charge is 2.24. The first-order valence-corrected chi connectivity index (χ1v) is 7.92. The van der Waals surface area contributed by atoms with E-state index in [0.717, 1.165) is 34.6 Å². The van der Waals surface area contributed by atoms with Crippen molar-refractivity contribution in [3.05, 3.63) is 36.0 Å². The largest absolute Gasteiger partial charge is 0.354 e. The molecule has 1 aromatic carbocycles. The smallest absolute Gasteiger partial charge is 0.222 e. The first kappa shape index (κ1) is 14.0. The van der Waals surface area contributed by atoms with Crippen LogP contribution in [0.15, 0.2) is 30.3 Å². The number of hydrogen-bond donors (Lipinski definition) is 1. The van der Waals surface area contributed by atoms with Crippen molar-refractivity contribution in [2.75, 3.05) is 18.0 Å². The van der Waals surface area contributed by atoms with E-state index in [0.29, 0.717) is 13.0 Å². The highest BCUT2D eigenvalue weighted by Crippen LogP contribution is 2.28. The second-order valence-corrected chi connectivity index (χ2v) is 6.10. The molecule has 3 heterocycles. The van der Waals surface area contributed by atoms with E-state index in [9.17, 15) is 4.79 Å². The fraction of sp³-hybridized carbons (Fsp3) is 0.353. The van der Waals surface area contributed by atoms with E-state index < -0.39 is 0 Å². The number of nitrogens with one attached hydrogen (secondary N) is 1. The maximum atomic E-state index is 11.8. The van der Waals surface area contributed by atoms with Gasteiger partial charge >= 0.3 is 0 Å². The van der Waals surface area contributed by atoms with E-state index in [2.05, 4.69) is 34.4 Å². The van der Waals surface area contributed by atoms with Crippen LogP contribution < -0.4 is 10.2 Å². The zero-order valence-corrected chi connectivity index (χ0v) is 13.3. The van der Waals surface area contributed by atoms with Gasteiger partial charge in [-0.05, 0) is 26.0 Å². The Balaban J connectivity index is 1.95. The molecule has 0 radical (unpaired) electrons. The summed E-state index contributed by atoms with van der Waals surface area (Å²) in [5.41, 5.74) is 2.82. The SMILES string of the molecule is Cc1cc2nc(N3CCNC(=O)CC3C)c3ccccc3n2n1. The fourth-order valence-electron chi connectivity index (χ4n) is 3.28. The van der Waals surface area contributed by atoms with Crippen molar-refractivity contribution in [1.29, 1.82) is 0 Å². The molecule has 3 aromatic rings. The molecule has 1 amide bonds. The van der Waals surface area contributed by atoms with Crippen LogP contribution in [0, 0.1) is 6.92 Å². The van der Waals surface area contributed by atoms with E-state index in [1.165, 1.54) is 0 Å². The number of carbonyl (C=O) groups excluding carboxylic acids is 1. The lowest BCUT2D eigenvalue weighted by Gasteiger charge is -2.28. The van der Waals surface area contributed by atoms with Gasteiger partial charge in [-0.1, -0.05) is 12.1 Å². The summed E-state index contributed by atoms with van der Waals surface area (Å²) in [6, 6.07) is 10.3. The van der Waals surface area contributed by atoms with Gasteiger partial charge in [-0.15, -0.1) is 0 Å². The highest BCUT2D eigenvalue weighted by molar-refractivity contribution is 5.92. The third kappa shape index (κ3) is 2.30. The number of amides is 1. The Morgan fingerprint density at radius 3 is 3.00 bits per heavy atom. The van der Waals surface area contributed by atoms with Crippen molar-refractivity contribution in [3.63, 3.8) is 0 Å². The maximum Gasteiger partial charge on any atom is 0.222 e. The summed E-state index contributed by atoms with van der Waals surface area (Å²) < 4.78 is 1.89. The molecule has 2 aromatic heterocycles. The van der Waals surface area contributed by atoms with Crippen molar-refractivity contribution < 1.29 is 4.79 Å². The van der Waals surface area contributed by atoms with Gasteiger partial charge < -0.3 is 10.2 Å². The molecule has 6 nitrogen and oxygen atoms in total. The van der Waals surface area contributed by atoms with E-state index in [4.69, 9.17) is 4.98 Å². The van der Waals surface area contributed by atoms with Crippen molar-refractivity contribution in [3.8, 4) is 0 Å². The predicted molar refractivity (Wildman–Crippen MR) is 89.7 cm³/mol. The first-order valence-electron chi connectivity index (χ1n) is 7.92. The van der Waals surface area contributed by atoms with Crippen LogP contribution in [-0.2, 0) is 4.79 Å². The zero-order chi connectivity index (χ0) is 16.0. The molecular formula is C17H19N5O. The highest BCUT2D eigenvalue weighted by atomic mass is 16.1. The maximum absolute atomic E-state index is 11.8. The van der Waals surface area contributed by atoms with Crippen molar-refractivity contribution >= 4 is 28.3 Å². The molecular weight excluding hydrogens is 290 g/mol. The van der Waals surface area contributed by atoms with Gasteiger partial charge in [0.1, 0.15) is 5.82 Å². The number of carbonyl (C=O) groups is 1. The van der Waals surface area contributed by atoms with Crippen LogP contribution in [0.2, 0.25) is 0 Å². The molecule has 0 spiro atoms. The Kier molecular flexibility index (Phi) is 3.18. The molecule has 1 aliphatic heterocycles. The number of benzene rings is 1. The Morgan fingerprint density at radius 1 is 1.30 bits per heavy atom. The Bertz CT molecular complexity index is 901. The summed E-state index contributed by atoms with van der Waals surface area (Å²) >= 11 is 0. The van der Waals surface area contributed by atoms with Crippen molar-refractivity contribution in [2.24, 2.45) is 0 Å². The molecule has 0 saturated carbocycles. The average molecular weight is 309 g/mol. The van der Waals surface area contributed by atoms with Gasteiger partial charge in [0.25, 0.3) is 0 Å².